The highest BCUT2D eigenvalue weighted by Crippen LogP contribution is 2.63. The molecule has 85 heavy (non-hydrogen) atoms. The average molecular weight is 1200 g/mol. The van der Waals surface area contributed by atoms with Gasteiger partial charge in [-0.2, -0.15) is 0 Å². The van der Waals surface area contributed by atoms with E-state index in [2.05, 4.69) is 18.8 Å². The molecule has 10 heterocycles. The highest BCUT2D eigenvalue weighted by molar-refractivity contribution is 5.81. The van der Waals surface area contributed by atoms with Crippen molar-refractivity contribution in [3.8, 4) is 0 Å². The fourth-order valence-electron chi connectivity index (χ4n) is 16.9. The Morgan fingerprint density at radius 3 is 1.46 bits per heavy atom. The van der Waals surface area contributed by atoms with Crippen LogP contribution in [0.15, 0.2) is 4.99 Å². The molecule has 2 unspecified atom stereocenters. The fraction of sp³-hybridized carbons (Fsp3) is 0.887. The molecule has 13 rings (SSSR count). The fourth-order valence-corrected chi connectivity index (χ4v) is 16.9. The van der Waals surface area contributed by atoms with E-state index in [1.807, 2.05) is 27.7 Å². The lowest BCUT2D eigenvalue weighted by atomic mass is 9.58. The standard InChI is InChI=1S/C62H91NO22/c1-32(2)63-60(79-50(69)25-24-49(68)73-52-36(6)40-13-11-12-39-17-16-35(5)72-55(76-52)51(39)40,30-70-45(64)20-22-47(66)74-53-37(7)43-18-14-33(3)41-26-28-58(9)80-56(77-53)61(41,43)84-82-58)31-71-46(65)21-23-48(67)75-54-38(8)44-19-15-34(4)42-27-29-59(10)81-57(78-54)62(42,44)85-83-59/h33-44,51-57H,11-31H2,1-10H3/t33-,34-,35+,36-,37-,38-,39?,40+,41+,42+,43+,44+,51?,52-,53-,54-,55+,56-,57-,58-,59-,61-,62-/m1/s1. The van der Waals surface area contributed by atoms with Crippen LogP contribution in [0, 0.1) is 71.0 Å². The Morgan fingerprint density at radius 1 is 0.494 bits per heavy atom. The van der Waals surface area contributed by atoms with Crippen molar-refractivity contribution < 1.29 is 105 Å². The minimum Gasteiger partial charge on any atom is -0.459 e. The van der Waals surface area contributed by atoms with Crippen LogP contribution in [-0.4, -0.2) is 127 Å². The number of esters is 6. The second-order valence-electron chi connectivity index (χ2n) is 27.5. The minimum absolute atomic E-state index is 0.00554. The first-order chi connectivity index (χ1) is 40.4. The molecule has 476 valence electrons. The van der Waals surface area contributed by atoms with Crippen molar-refractivity contribution >= 4 is 41.5 Å². The topological polar surface area (TPSA) is 262 Å². The van der Waals surface area contributed by atoms with E-state index in [0.717, 1.165) is 70.6 Å². The summed E-state index contributed by atoms with van der Waals surface area (Å²) in [7, 11) is 0. The normalized spacial score (nSPS) is 44.0. The van der Waals surface area contributed by atoms with Crippen LogP contribution in [-0.2, 0) is 105 Å². The quantitative estimate of drug-likeness (QED) is 0.0537. The summed E-state index contributed by atoms with van der Waals surface area (Å²) >= 11 is 0. The molecule has 23 nitrogen and oxygen atoms in total. The van der Waals surface area contributed by atoms with Crippen LogP contribution in [0.5, 0.6) is 0 Å². The number of rotatable bonds is 18. The predicted octanol–water partition coefficient (Wildman–Crippen LogP) is 8.73. The number of ether oxygens (including phenoxy) is 12. The molecule has 13 fully saturated rings. The third kappa shape index (κ3) is 12.4. The lowest BCUT2D eigenvalue weighted by Gasteiger charge is -2.59. The van der Waals surface area contributed by atoms with E-state index in [4.69, 9.17) is 76.4 Å². The van der Waals surface area contributed by atoms with Crippen LogP contribution < -0.4 is 0 Å². The smallest absolute Gasteiger partial charge is 0.308 e. The number of carbonyl (C=O) groups excluding carboxylic acids is 6. The third-order valence-electron chi connectivity index (χ3n) is 21.3. The van der Waals surface area contributed by atoms with Gasteiger partial charge in [0.05, 0.1) is 44.6 Å². The van der Waals surface area contributed by atoms with E-state index in [-0.39, 0.29) is 59.4 Å². The largest absolute Gasteiger partial charge is 0.459 e. The summed E-state index contributed by atoms with van der Waals surface area (Å²) in [5.41, 5.74) is -3.57. The van der Waals surface area contributed by atoms with Gasteiger partial charge in [-0.3, -0.25) is 28.8 Å². The Labute approximate surface area is 497 Å². The van der Waals surface area contributed by atoms with Crippen molar-refractivity contribution in [2.75, 3.05) is 13.2 Å². The molecule has 0 N–H and O–H groups in total. The van der Waals surface area contributed by atoms with Gasteiger partial charge in [0.15, 0.2) is 43.3 Å². The average Bonchev–Trinajstić information content (AvgIpc) is 2.04. The van der Waals surface area contributed by atoms with E-state index < -0.39 is 154 Å². The number of hydrogen-bond donors (Lipinski definition) is 0. The molecule has 0 aromatic carbocycles. The number of aliphatic imine (C=N–C) groups is 1. The Kier molecular flexibility index (Phi) is 18.3. The molecular weight excluding hydrogens is 1110 g/mol. The molecule has 0 aromatic rings. The second-order valence-corrected chi connectivity index (χ2v) is 27.5. The van der Waals surface area contributed by atoms with E-state index in [9.17, 15) is 28.8 Å². The minimum atomic E-state index is -2.18. The molecule has 2 spiro atoms. The van der Waals surface area contributed by atoms with Crippen LogP contribution in [0.1, 0.15) is 191 Å². The Balaban J connectivity index is 0.718. The lowest BCUT2D eigenvalue weighted by molar-refractivity contribution is -0.576. The molecule has 0 amide bonds. The van der Waals surface area contributed by atoms with E-state index in [0.29, 0.717) is 36.3 Å². The molecule has 3 aliphatic carbocycles. The maximum atomic E-state index is 13.9. The van der Waals surface area contributed by atoms with Crippen LogP contribution in [0.4, 0.5) is 0 Å². The van der Waals surface area contributed by atoms with Gasteiger partial charge in [-0.25, -0.2) is 24.5 Å². The Bertz CT molecular complexity index is 2410. The van der Waals surface area contributed by atoms with Gasteiger partial charge in [-0.05, 0) is 134 Å². The summed E-state index contributed by atoms with van der Waals surface area (Å²) in [6.07, 6.45) is 3.78. The van der Waals surface area contributed by atoms with Crippen molar-refractivity contribution in [3.05, 3.63) is 0 Å². The second kappa shape index (κ2) is 24.8. The molecule has 10 aliphatic heterocycles. The monoisotopic (exact) mass is 1200 g/mol. The van der Waals surface area contributed by atoms with Gasteiger partial charge in [0.25, 0.3) is 5.72 Å². The van der Waals surface area contributed by atoms with Crippen LogP contribution in [0.25, 0.3) is 0 Å². The van der Waals surface area contributed by atoms with Crippen LogP contribution >= 0.6 is 0 Å². The van der Waals surface area contributed by atoms with Gasteiger partial charge < -0.3 is 56.8 Å². The summed E-state index contributed by atoms with van der Waals surface area (Å²) in [5, 5.41) is 0. The first kappa shape index (κ1) is 62.7. The summed E-state index contributed by atoms with van der Waals surface area (Å²) in [6, 6.07) is 0. The SMILES string of the molecule is CC(C)=NC(COC(=O)CCC(=O)O[C@@H]1O[C@@H]2O[C@@]3(C)CC[C@H]4[C@H](C)CC[C@@H]([C@H]1C)[C@@]24OO3)(COC(=O)CCC(=O)O[C@@H]1O[C@@H]2O[C@@]3(C)CC[C@H]4[C@H](C)CC[C@@H]([C@H]1C)[C@@]24OO3)OC(=O)CCC(=O)O[C@@H]1O[C@@H]2O[C@@H](C)CCC3CCC[C@H](C32)[C@H]1C. The maximum Gasteiger partial charge on any atom is 0.308 e. The first-order valence-electron chi connectivity index (χ1n) is 31.8. The van der Waals surface area contributed by atoms with Crippen LogP contribution in [0.2, 0.25) is 0 Å². The lowest BCUT2D eigenvalue weighted by Crippen LogP contribution is -2.70. The first-order valence-corrected chi connectivity index (χ1v) is 31.8. The highest BCUT2D eigenvalue weighted by Gasteiger charge is 2.72. The zero-order chi connectivity index (χ0) is 60.4. The molecule has 4 bridgehead atoms. The Morgan fingerprint density at radius 2 is 0.965 bits per heavy atom. The summed E-state index contributed by atoms with van der Waals surface area (Å²) < 4.78 is 73.4. The number of nitrogens with zero attached hydrogens (tertiary/aromatic N) is 1. The molecule has 13 aliphatic rings. The van der Waals surface area contributed by atoms with Crippen molar-refractivity contribution in [1.82, 2.24) is 0 Å². The highest BCUT2D eigenvalue weighted by atomic mass is 17.3. The molecule has 23 atom stereocenters. The number of fused-ring (bicyclic) bond motifs is 4. The van der Waals surface area contributed by atoms with Crippen molar-refractivity contribution in [2.24, 2.45) is 76.0 Å². The van der Waals surface area contributed by atoms with Crippen molar-refractivity contribution in [1.29, 1.82) is 0 Å². The van der Waals surface area contributed by atoms with E-state index in [1.165, 1.54) is 0 Å². The van der Waals surface area contributed by atoms with Gasteiger partial charge in [-0.15, -0.1) is 0 Å². The Hall–Kier alpha value is -3.91. The van der Waals surface area contributed by atoms with Gasteiger partial charge in [0.2, 0.25) is 30.4 Å². The maximum absolute atomic E-state index is 13.9. The molecule has 23 heteroatoms. The van der Waals surface area contributed by atoms with E-state index in [1.54, 1.807) is 27.7 Å². The molecule has 10 saturated heterocycles. The number of hydrogen-bond acceptors (Lipinski definition) is 23. The van der Waals surface area contributed by atoms with E-state index >= 15 is 0 Å². The zero-order valence-electron chi connectivity index (χ0n) is 51.2. The molecular formula is C62H91NO22. The van der Waals surface area contributed by atoms with Crippen molar-refractivity contribution in [2.45, 2.75) is 264 Å². The zero-order valence-corrected chi connectivity index (χ0v) is 51.2. The van der Waals surface area contributed by atoms with Gasteiger partial charge >= 0.3 is 35.8 Å². The molecule has 3 saturated carbocycles. The van der Waals surface area contributed by atoms with Gasteiger partial charge in [-0.1, -0.05) is 41.0 Å². The molecule has 0 aromatic heterocycles. The van der Waals surface area contributed by atoms with Gasteiger partial charge in [0, 0.05) is 54.1 Å². The number of carbonyl (C=O) groups is 6. The van der Waals surface area contributed by atoms with Crippen LogP contribution in [0.3, 0.4) is 0 Å². The summed E-state index contributed by atoms with van der Waals surface area (Å²) in [6.45, 7) is 17.6. The third-order valence-corrected chi connectivity index (χ3v) is 21.3. The summed E-state index contributed by atoms with van der Waals surface area (Å²) in [4.78, 5) is 111. The van der Waals surface area contributed by atoms with Gasteiger partial charge in [0.1, 0.15) is 0 Å². The van der Waals surface area contributed by atoms with Crippen molar-refractivity contribution in [3.63, 3.8) is 0 Å². The predicted molar refractivity (Wildman–Crippen MR) is 291 cm³/mol. The summed E-state index contributed by atoms with van der Waals surface area (Å²) in [5.74, 6) is -6.07. The molecule has 0 radical (unpaired) electrons.